The molecule has 0 unspecified atom stereocenters. The molecule has 0 fully saturated rings. The van der Waals surface area contributed by atoms with Gasteiger partial charge in [0, 0.05) is 18.2 Å². The number of carbonyl (C=O) groups is 1. The van der Waals surface area contributed by atoms with Gasteiger partial charge in [-0.2, -0.15) is 0 Å². The van der Waals surface area contributed by atoms with Gasteiger partial charge in [0.1, 0.15) is 17.2 Å². The first-order valence-corrected chi connectivity index (χ1v) is 7.34. The normalized spacial score (nSPS) is 10.0. The second-order valence-electron chi connectivity index (χ2n) is 5.11. The van der Waals surface area contributed by atoms with Crippen molar-refractivity contribution in [3.63, 3.8) is 0 Å². The van der Waals surface area contributed by atoms with Crippen LogP contribution in [0.25, 0.3) is 0 Å². The highest BCUT2D eigenvalue weighted by Crippen LogP contribution is 2.29. The van der Waals surface area contributed by atoms with Gasteiger partial charge in [-0.3, -0.25) is 14.9 Å². The van der Waals surface area contributed by atoms with Crippen molar-refractivity contribution in [3.8, 4) is 17.2 Å². The van der Waals surface area contributed by atoms with Crippen molar-refractivity contribution in [2.24, 2.45) is 0 Å². The van der Waals surface area contributed by atoms with E-state index >= 15 is 0 Å². The van der Waals surface area contributed by atoms with Crippen LogP contribution in [-0.2, 0) is 4.79 Å². The summed E-state index contributed by atoms with van der Waals surface area (Å²) in [6, 6.07) is 9.20. The topological polar surface area (TPSA) is 99.9 Å². The molecule has 0 saturated heterocycles. The number of ether oxygens (including phenoxy) is 3. The number of methoxy groups -OCH3 is 2. The van der Waals surface area contributed by atoms with E-state index in [4.69, 9.17) is 14.2 Å². The van der Waals surface area contributed by atoms with Crippen LogP contribution in [0, 0.1) is 17.0 Å². The van der Waals surface area contributed by atoms with Gasteiger partial charge in [-0.1, -0.05) is 0 Å². The second-order valence-corrected chi connectivity index (χ2v) is 5.11. The summed E-state index contributed by atoms with van der Waals surface area (Å²) in [6.45, 7) is 1.42. The molecule has 0 spiro atoms. The Labute approximate surface area is 144 Å². The second kappa shape index (κ2) is 8.00. The fraction of sp³-hybridized carbons (Fsp3) is 0.235. The highest BCUT2D eigenvalue weighted by molar-refractivity contribution is 5.93. The van der Waals surface area contributed by atoms with Gasteiger partial charge in [-0.15, -0.1) is 0 Å². The van der Waals surface area contributed by atoms with Gasteiger partial charge in [0.25, 0.3) is 11.6 Å². The number of nitrogens with one attached hydrogen (secondary N) is 1. The van der Waals surface area contributed by atoms with E-state index in [-0.39, 0.29) is 12.3 Å². The Morgan fingerprint density at radius 1 is 1.12 bits per heavy atom. The first-order chi connectivity index (χ1) is 11.9. The van der Waals surface area contributed by atoms with Crippen LogP contribution in [0.3, 0.4) is 0 Å². The van der Waals surface area contributed by atoms with Gasteiger partial charge in [-0.05, 0) is 30.7 Å². The summed E-state index contributed by atoms with van der Waals surface area (Å²) in [7, 11) is 3.02. The van der Waals surface area contributed by atoms with Crippen LogP contribution in [-0.4, -0.2) is 31.7 Å². The van der Waals surface area contributed by atoms with E-state index in [0.29, 0.717) is 28.5 Å². The van der Waals surface area contributed by atoms with Crippen LogP contribution in [0.4, 0.5) is 11.4 Å². The number of benzene rings is 2. The Morgan fingerprint density at radius 3 is 2.44 bits per heavy atom. The molecule has 0 aromatic heterocycles. The minimum absolute atomic E-state index is 0.0320. The average Bonchev–Trinajstić information content (AvgIpc) is 2.60. The van der Waals surface area contributed by atoms with Gasteiger partial charge < -0.3 is 19.5 Å². The molecule has 0 aliphatic rings. The molecule has 8 heteroatoms. The summed E-state index contributed by atoms with van der Waals surface area (Å²) in [6.07, 6.45) is 0. The first kappa shape index (κ1) is 18.1. The molecule has 8 nitrogen and oxygen atoms in total. The number of aryl methyl sites for hydroxylation is 1. The zero-order chi connectivity index (χ0) is 18.4. The van der Waals surface area contributed by atoms with E-state index in [9.17, 15) is 14.9 Å². The smallest absolute Gasteiger partial charge is 0.269 e. The number of hydrogen-bond acceptors (Lipinski definition) is 6. The van der Waals surface area contributed by atoms with Crippen LogP contribution in [0.15, 0.2) is 36.4 Å². The minimum Gasteiger partial charge on any atom is -0.497 e. The molecule has 0 aliphatic heterocycles. The Balaban J connectivity index is 2.03. The molecule has 1 N–H and O–H groups in total. The van der Waals surface area contributed by atoms with Crippen molar-refractivity contribution >= 4 is 17.3 Å². The van der Waals surface area contributed by atoms with E-state index in [0.717, 1.165) is 0 Å². The molecule has 0 bridgehead atoms. The molecule has 132 valence electrons. The fourth-order valence-electron chi connectivity index (χ4n) is 2.15. The molecule has 2 aromatic rings. The van der Waals surface area contributed by atoms with Gasteiger partial charge >= 0.3 is 0 Å². The SMILES string of the molecule is COc1ccc(OC)c(NC(=O)COc2ccc([N+](=O)[O-])cc2C)c1. The lowest BCUT2D eigenvalue weighted by Crippen LogP contribution is -2.20. The van der Waals surface area contributed by atoms with E-state index in [1.807, 2.05) is 0 Å². The maximum Gasteiger partial charge on any atom is 0.269 e. The lowest BCUT2D eigenvalue weighted by Gasteiger charge is -2.13. The molecule has 0 saturated carbocycles. The maximum absolute atomic E-state index is 12.1. The summed E-state index contributed by atoms with van der Waals surface area (Å²) in [5, 5.41) is 13.4. The highest BCUT2D eigenvalue weighted by Gasteiger charge is 2.12. The molecule has 2 aromatic carbocycles. The number of non-ortho nitro benzene ring substituents is 1. The van der Waals surface area contributed by atoms with Crippen LogP contribution in [0.5, 0.6) is 17.2 Å². The zero-order valence-electron chi connectivity index (χ0n) is 14.1. The number of rotatable bonds is 7. The standard InChI is InChI=1S/C17H18N2O6/c1-11-8-12(19(21)22)4-6-15(11)25-10-17(20)18-14-9-13(23-2)5-7-16(14)24-3/h4-9H,10H2,1-3H3,(H,18,20). The number of anilines is 1. The fourth-order valence-corrected chi connectivity index (χ4v) is 2.15. The van der Waals surface area contributed by atoms with Gasteiger partial charge in [0.2, 0.25) is 0 Å². The van der Waals surface area contributed by atoms with E-state index in [2.05, 4.69) is 5.32 Å². The Hall–Kier alpha value is -3.29. The van der Waals surface area contributed by atoms with Gasteiger partial charge in [0.15, 0.2) is 6.61 Å². The van der Waals surface area contributed by atoms with Crippen molar-refractivity contribution in [2.45, 2.75) is 6.92 Å². The lowest BCUT2D eigenvalue weighted by molar-refractivity contribution is -0.384. The Morgan fingerprint density at radius 2 is 1.84 bits per heavy atom. The molecule has 0 radical (unpaired) electrons. The van der Waals surface area contributed by atoms with Gasteiger partial charge in [-0.25, -0.2) is 0 Å². The Bertz CT molecular complexity index is 791. The number of nitro benzene ring substituents is 1. The number of amides is 1. The third kappa shape index (κ3) is 4.60. The van der Waals surface area contributed by atoms with Crippen molar-refractivity contribution in [2.75, 3.05) is 26.1 Å². The third-order valence-electron chi connectivity index (χ3n) is 3.41. The monoisotopic (exact) mass is 346 g/mol. The molecule has 25 heavy (non-hydrogen) atoms. The van der Waals surface area contributed by atoms with Crippen molar-refractivity contribution < 1.29 is 23.9 Å². The van der Waals surface area contributed by atoms with Crippen molar-refractivity contribution in [3.05, 3.63) is 52.1 Å². The van der Waals surface area contributed by atoms with Crippen LogP contribution < -0.4 is 19.5 Å². The molecular formula is C17H18N2O6. The summed E-state index contributed by atoms with van der Waals surface area (Å²) in [5.74, 6) is 1.06. The first-order valence-electron chi connectivity index (χ1n) is 7.34. The number of nitrogens with zero attached hydrogens (tertiary/aromatic N) is 1. The van der Waals surface area contributed by atoms with Gasteiger partial charge in [0.05, 0.1) is 24.8 Å². The van der Waals surface area contributed by atoms with Crippen LogP contribution in [0.2, 0.25) is 0 Å². The van der Waals surface area contributed by atoms with Crippen molar-refractivity contribution in [1.82, 2.24) is 0 Å². The van der Waals surface area contributed by atoms with E-state index in [1.54, 1.807) is 25.1 Å². The summed E-state index contributed by atoms with van der Waals surface area (Å²) >= 11 is 0. The highest BCUT2D eigenvalue weighted by atomic mass is 16.6. The number of nitro groups is 1. The molecule has 0 heterocycles. The third-order valence-corrected chi connectivity index (χ3v) is 3.41. The quantitative estimate of drug-likeness (QED) is 0.611. The number of hydrogen-bond donors (Lipinski definition) is 1. The minimum atomic E-state index is -0.488. The largest absolute Gasteiger partial charge is 0.497 e. The van der Waals surface area contributed by atoms with Crippen molar-refractivity contribution in [1.29, 1.82) is 0 Å². The predicted molar refractivity (Wildman–Crippen MR) is 91.5 cm³/mol. The average molecular weight is 346 g/mol. The maximum atomic E-state index is 12.1. The zero-order valence-corrected chi connectivity index (χ0v) is 14.1. The predicted octanol–water partition coefficient (Wildman–Crippen LogP) is 2.94. The molecule has 0 atom stereocenters. The summed E-state index contributed by atoms with van der Waals surface area (Å²) in [5.41, 5.74) is 0.993. The van der Waals surface area contributed by atoms with E-state index in [1.165, 1.54) is 32.4 Å². The summed E-state index contributed by atoms with van der Waals surface area (Å²) in [4.78, 5) is 22.3. The molecule has 1 amide bonds. The van der Waals surface area contributed by atoms with E-state index < -0.39 is 10.8 Å². The molecule has 2 rings (SSSR count). The van der Waals surface area contributed by atoms with Crippen LogP contribution in [0.1, 0.15) is 5.56 Å². The number of carbonyl (C=O) groups excluding carboxylic acids is 1. The molecule has 0 aliphatic carbocycles. The summed E-state index contributed by atoms with van der Waals surface area (Å²) < 4.78 is 15.7. The van der Waals surface area contributed by atoms with Crippen LogP contribution >= 0.6 is 0 Å². The Kier molecular flexibility index (Phi) is 5.78. The lowest BCUT2D eigenvalue weighted by atomic mass is 10.2. The molecular weight excluding hydrogens is 328 g/mol.